The quantitative estimate of drug-likeness (QED) is 0.654. The van der Waals surface area contributed by atoms with Crippen LogP contribution >= 0.6 is 0 Å². The minimum absolute atomic E-state index is 0.0152. The molecule has 0 atom stereocenters. The Morgan fingerprint density at radius 1 is 1.39 bits per heavy atom. The van der Waals surface area contributed by atoms with Crippen LogP contribution in [-0.2, 0) is 6.42 Å². The lowest BCUT2D eigenvalue weighted by Crippen LogP contribution is -2.27. The first-order valence-electron chi connectivity index (χ1n) is 5.66. The summed E-state index contributed by atoms with van der Waals surface area (Å²) < 4.78 is 4.97. The van der Waals surface area contributed by atoms with E-state index < -0.39 is 4.92 Å². The Hall–Kier alpha value is -1.92. The van der Waals surface area contributed by atoms with Crippen molar-refractivity contribution in [2.24, 2.45) is 0 Å². The number of anilines is 1. The van der Waals surface area contributed by atoms with Crippen molar-refractivity contribution in [1.29, 1.82) is 0 Å². The summed E-state index contributed by atoms with van der Waals surface area (Å²) >= 11 is 0. The van der Waals surface area contributed by atoms with Gasteiger partial charge in [-0.25, -0.2) is 4.98 Å². The predicted molar refractivity (Wildman–Crippen MR) is 68.0 cm³/mol. The maximum absolute atomic E-state index is 11.1. The van der Waals surface area contributed by atoms with Crippen LogP contribution in [-0.4, -0.2) is 27.5 Å². The number of methoxy groups -OCH3 is 1. The molecule has 18 heavy (non-hydrogen) atoms. The summed E-state index contributed by atoms with van der Waals surface area (Å²) in [5, 5.41) is 14.1. The molecule has 1 aromatic heterocycles. The Kier molecular flexibility index (Phi) is 4.05. The smallest absolute Gasteiger partial charge is 0.372 e. The number of hydrogen-bond donors (Lipinski definition) is 1. The van der Waals surface area contributed by atoms with Crippen LogP contribution in [0.1, 0.15) is 33.5 Å². The summed E-state index contributed by atoms with van der Waals surface area (Å²) in [6.45, 7) is 7.58. The molecule has 0 amide bonds. The van der Waals surface area contributed by atoms with Crippen molar-refractivity contribution < 1.29 is 9.66 Å². The lowest BCUT2D eigenvalue weighted by atomic mass is 10.1. The minimum Gasteiger partial charge on any atom is -0.476 e. The van der Waals surface area contributed by atoms with Gasteiger partial charge >= 0.3 is 5.69 Å². The first kappa shape index (κ1) is 14.1. The SMILES string of the molecule is CCc1nc(NC(C)(C)C)c([N+](=O)[O-])c(OC)n1. The zero-order valence-electron chi connectivity index (χ0n) is 11.3. The average Bonchev–Trinajstić information content (AvgIpc) is 2.25. The second-order valence-corrected chi connectivity index (χ2v) is 4.83. The van der Waals surface area contributed by atoms with Crippen molar-refractivity contribution in [3.05, 3.63) is 15.9 Å². The molecule has 1 rings (SSSR count). The van der Waals surface area contributed by atoms with Gasteiger partial charge in [0.15, 0.2) is 0 Å². The fraction of sp³-hybridized carbons (Fsp3) is 0.636. The Morgan fingerprint density at radius 3 is 2.39 bits per heavy atom. The van der Waals surface area contributed by atoms with Crippen molar-refractivity contribution in [2.45, 2.75) is 39.7 Å². The molecule has 0 aliphatic heterocycles. The number of hydrogen-bond acceptors (Lipinski definition) is 6. The molecule has 1 N–H and O–H groups in total. The number of nitrogens with one attached hydrogen (secondary N) is 1. The molecule has 1 heterocycles. The maximum Gasteiger partial charge on any atom is 0.372 e. The molecule has 0 aliphatic carbocycles. The second kappa shape index (κ2) is 5.16. The summed E-state index contributed by atoms with van der Waals surface area (Å²) in [6, 6.07) is 0. The van der Waals surface area contributed by atoms with Crippen molar-refractivity contribution in [3.8, 4) is 5.88 Å². The highest BCUT2D eigenvalue weighted by Crippen LogP contribution is 2.33. The van der Waals surface area contributed by atoms with Gasteiger partial charge in [-0.15, -0.1) is 0 Å². The van der Waals surface area contributed by atoms with Gasteiger partial charge in [-0.2, -0.15) is 4.98 Å². The highest BCUT2D eigenvalue weighted by molar-refractivity contribution is 5.62. The van der Waals surface area contributed by atoms with Gasteiger partial charge in [0, 0.05) is 12.0 Å². The fourth-order valence-corrected chi connectivity index (χ4v) is 1.39. The van der Waals surface area contributed by atoms with E-state index in [0.717, 1.165) is 0 Å². The van der Waals surface area contributed by atoms with Gasteiger partial charge in [0.05, 0.1) is 12.0 Å². The Bertz CT molecular complexity index is 454. The van der Waals surface area contributed by atoms with Crippen LogP contribution in [0, 0.1) is 10.1 Å². The molecule has 7 nitrogen and oxygen atoms in total. The normalized spacial score (nSPS) is 11.2. The van der Waals surface area contributed by atoms with Gasteiger partial charge in [-0.3, -0.25) is 10.1 Å². The number of aryl methyl sites for hydroxylation is 1. The van der Waals surface area contributed by atoms with E-state index in [9.17, 15) is 10.1 Å². The Morgan fingerprint density at radius 2 is 2.00 bits per heavy atom. The number of rotatable bonds is 4. The van der Waals surface area contributed by atoms with Crippen LogP contribution in [0.3, 0.4) is 0 Å². The first-order valence-corrected chi connectivity index (χ1v) is 5.66. The van der Waals surface area contributed by atoms with Crippen LogP contribution in [0.5, 0.6) is 5.88 Å². The highest BCUT2D eigenvalue weighted by atomic mass is 16.6. The molecule has 0 radical (unpaired) electrons. The molecule has 0 bridgehead atoms. The largest absolute Gasteiger partial charge is 0.476 e. The van der Waals surface area contributed by atoms with Gasteiger partial charge in [-0.05, 0) is 20.8 Å². The number of ether oxygens (including phenoxy) is 1. The van der Waals surface area contributed by atoms with E-state index in [-0.39, 0.29) is 22.9 Å². The van der Waals surface area contributed by atoms with Crippen LogP contribution in [0.2, 0.25) is 0 Å². The maximum atomic E-state index is 11.1. The van der Waals surface area contributed by atoms with E-state index in [2.05, 4.69) is 15.3 Å². The lowest BCUT2D eigenvalue weighted by Gasteiger charge is -2.21. The van der Waals surface area contributed by atoms with E-state index in [4.69, 9.17) is 4.74 Å². The average molecular weight is 254 g/mol. The lowest BCUT2D eigenvalue weighted by molar-refractivity contribution is -0.385. The van der Waals surface area contributed by atoms with E-state index in [1.807, 2.05) is 27.7 Å². The molecule has 100 valence electrons. The standard InChI is InChI=1S/C11H18N4O3/c1-6-7-12-9(14-11(2,3)4)8(15(16)17)10(13-7)18-5/h6H2,1-5H3,(H,12,13,14). The Balaban J connectivity index is 3.39. The van der Waals surface area contributed by atoms with Crippen LogP contribution in [0.15, 0.2) is 0 Å². The molecular formula is C11H18N4O3. The molecule has 0 aromatic carbocycles. The van der Waals surface area contributed by atoms with E-state index in [0.29, 0.717) is 12.2 Å². The van der Waals surface area contributed by atoms with Gasteiger partial charge in [-0.1, -0.05) is 6.92 Å². The summed E-state index contributed by atoms with van der Waals surface area (Å²) in [7, 11) is 1.36. The third kappa shape index (κ3) is 3.28. The van der Waals surface area contributed by atoms with Crippen molar-refractivity contribution in [3.63, 3.8) is 0 Å². The molecule has 0 aliphatic rings. The van der Waals surface area contributed by atoms with Gasteiger partial charge in [0.25, 0.3) is 5.88 Å². The van der Waals surface area contributed by atoms with Crippen molar-refractivity contribution in [1.82, 2.24) is 9.97 Å². The number of nitrogens with zero attached hydrogens (tertiary/aromatic N) is 3. The third-order valence-corrected chi connectivity index (χ3v) is 2.08. The van der Waals surface area contributed by atoms with Crippen molar-refractivity contribution in [2.75, 3.05) is 12.4 Å². The summed E-state index contributed by atoms with van der Waals surface area (Å²) in [5.74, 6) is 0.680. The second-order valence-electron chi connectivity index (χ2n) is 4.83. The molecule has 1 aromatic rings. The molecule has 7 heteroatoms. The Labute approximate surface area is 106 Å². The van der Waals surface area contributed by atoms with Crippen LogP contribution < -0.4 is 10.1 Å². The molecule has 0 fully saturated rings. The molecule has 0 spiro atoms. The zero-order chi connectivity index (χ0) is 13.9. The first-order chi connectivity index (χ1) is 8.28. The van der Waals surface area contributed by atoms with E-state index >= 15 is 0 Å². The summed E-state index contributed by atoms with van der Waals surface area (Å²) in [5.41, 5.74) is -0.570. The summed E-state index contributed by atoms with van der Waals surface area (Å²) in [6.07, 6.45) is 0.577. The third-order valence-electron chi connectivity index (χ3n) is 2.08. The van der Waals surface area contributed by atoms with E-state index in [1.54, 1.807) is 0 Å². The molecule has 0 unspecified atom stereocenters. The fourth-order valence-electron chi connectivity index (χ4n) is 1.39. The molecule has 0 saturated carbocycles. The van der Waals surface area contributed by atoms with Crippen molar-refractivity contribution >= 4 is 11.5 Å². The number of aromatic nitrogens is 2. The van der Waals surface area contributed by atoms with Crippen LogP contribution in [0.4, 0.5) is 11.5 Å². The van der Waals surface area contributed by atoms with E-state index in [1.165, 1.54) is 7.11 Å². The van der Waals surface area contributed by atoms with Crippen LogP contribution in [0.25, 0.3) is 0 Å². The zero-order valence-corrected chi connectivity index (χ0v) is 11.3. The monoisotopic (exact) mass is 254 g/mol. The summed E-state index contributed by atoms with van der Waals surface area (Å²) in [4.78, 5) is 18.7. The van der Waals surface area contributed by atoms with Gasteiger partial charge < -0.3 is 10.1 Å². The predicted octanol–water partition coefficient (Wildman–Crippen LogP) is 2.17. The highest BCUT2D eigenvalue weighted by Gasteiger charge is 2.27. The molecule has 0 saturated heterocycles. The number of nitro groups is 1. The topological polar surface area (TPSA) is 90.2 Å². The van der Waals surface area contributed by atoms with Gasteiger partial charge in [0.2, 0.25) is 5.82 Å². The minimum atomic E-state index is -0.535. The van der Waals surface area contributed by atoms with Gasteiger partial charge in [0.1, 0.15) is 5.82 Å². The molecular weight excluding hydrogens is 236 g/mol.